The van der Waals surface area contributed by atoms with Gasteiger partial charge in [0, 0.05) is 6.04 Å². The summed E-state index contributed by atoms with van der Waals surface area (Å²) in [7, 11) is 4.02. The third-order valence-electron chi connectivity index (χ3n) is 3.89. The van der Waals surface area contributed by atoms with E-state index in [1.165, 1.54) is 27.8 Å². The van der Waals surface area contributed by atoms with Crippen molar-refractivity contribution in [1.82, 2.24) is 4.90 Å². The van der Waals surface area contributed by atoms with Gasteiger partial charge in [-0.1, -0.05) is 6.07 Å². The number of nitrogens with zero attached hydrogens (tertiary/aromatic N) is 1. The van der Waals surface area contributed by atoms with E-state index in [1.807, 2.05) is 14.1 Å². The zero-order valence-electron chi connectivity index (χ0n) is 12.4. The van der Waals surface area contributed by atoms with Gasteiger partial charge in [-0.05, 0) is 69.6 Å². The fourth-order valence-corrected chi connectivity index (χ4v) is 2.65. The highest BCUT2D eigenvalue weighted by Crippen LogP contribution is 2.31. The van der Waals surface area contributed by atoms with Crippen LogP contribution in [0.3, 0.4) is 0 Å². The van der Waals surface area contributed by atoms with E-state index in [-0.39, 0.29) is 18.7 Å². The smallest absolute Gasteiger partial charge is 0.0601 e. The normalized spacial score (nSPS) is 14.9. The lowest BCUT2D eigenvalue weighted by Crippen LogP contribution is -2.40. The van der Waals surface area contributed by atoms with E-state index in [4.69, 9.17) is 5.73 Å². The Morgan fingerprint density at radius 3 is 1.89 bits per heavy atom. The maximum absolute atomic E-state index is 9.38. The first-order valence-electron chi connectivity index (χ1n) is 6.41. The van der Waals surface area contributed by atoms with Crippen LogP contribution in [0.25, 0.3) is 0 Å². The van der Waals surface area contributed by atoms with E-state index in [0.717, 1.165) is 0 Å². The van der Waals surface area contributed by atoms with Crippen LogP contribution >= 0.6 is 0 Å². The second kappa shape index (κ2) is 5.83. The number of rotatable bonds is 4. The summed E-state index contributed by atoms with van der Waals surface area (Å²) in [5.74, 6) is 0. The van der Waals surface area contributed by atoms with Crippen molar-refractivity contribution in [2.45, 2.75) is 39.8 Å². The van der Waals surface area contributed by atoms with Gasteiger partial charge < -0.3 is 15.7 Å². The number of aliphatic hydroxyl groups is 1. The molecule has 1 rings (SSSR count). The second-order valence-electron chi connectivity index (χ2n) is 5.43. The number of hydrogen-bond acceptors (Lipinski definition) is 3. The first-order valence-corrected chi connectivity index (χ1v) is 6.41. The molecule has 1 aromatic rings. The van der Waals surface area contributed by atoms with Crippen molar-refractivity contribution in [1.29, 1.82) is 0 Å². The Balaban J connectivity index is 3.45. The van der Waals surface area contributed by atoms with Crippen molar-refractivity contribution >= 4 is 0 Å². The van der Waals surface area contributed by atoms with Crippen LogP contribution in [0.1, 0.15) is 33.9 Å². The zero-order valence-corrected chi connectivity index (χ0v) is 12.4. The molecule has 3 N–H and O–H groups in total. The molecule has 0 aromatic heterocycles. The van der Waals surface area contributed by atoms with Gasteiger partial charge in [-0.2, -0.15) is 0 Å². The summed E-state index contributed by atoms with van der Waals surface area (Å²) in [6, 6.07) is 2.00. The summed E-state index contributed by atoms with van der Waals surface area (Å²) >= 11 is 0. The fourth-order valence-electron chi connectivity index (χ4n) is 2.65. The van der Waals surface area contributed by atoms with Gasteiger partial charge in [0.15, 0.2) is 0 Å². The monoisotopic (exact) mass is 250 g/mol. The molecule has 1 aromatic carbocycles. The van der Waals surface area contributed by atoms with Gasteiger partial charge in [0.05, 0.1) is 12.6 Å². The molecule has 0 saturated carbocycles. The van der Waals surface area contributed by atoms with Crippen LogP contribution in [-0.2, 0) is 0 Å². The van der Waals surface area contributed by atoms with Gasteiger partial charge >= 0.3 is 0 Å². The molecule has 2 unspecified atom stereocenters. The highest BCUT2D eigenvalue weighted by atomic mass is 16.3. The molecule has 18 heavy (non-hydrogen) atoms. The highest BCUT2D eigenvalue weighted by Gasteiger charge is 2.25. The van der Waals surface area contributed by atoms with E-state index in [2.05, 4.69) is 38.7 Å². The highest BCUT2D eigenvalue weighted by molar-refractivity contribution is 5.46. The molecule has 2 atom stereocenters. The SMILES string of the molecule is Cc1cc(C)c(C)c(C(C(N)CO)N(C)C)c1C. The second-order valence-corrected chi connectivity index (χ2v) is 5.43. The standard InChI is InChI=1S/C15H26N2O/c1-9-7-10(2)12(4)14(11(9)3)15(17(5)6)13(16)8-18/h7,13,15,18H,8,16H2,1-6H3. The van der Waals surface area contributed by atoms with Crippen LogP contribution in [0.15, 0.2) is 6.07 Å². The lowest BCUT2D eigenvalue weighted by molar-refractivity contribution is 0.180. The lowest BCUT2D eigenvalue weighted by Gasteiger charge is -2.33. The Bertz CT molecular complexity index is 401. The Kier molecular flexibility index (Phi) is 4.91. The summed E-state index contributed by atoms with van der Waals surface area (Å²) in [6.07, 6.45) is 0. The maximum Gasteiger partial charge on any atom is 0.0601 e. The van der Waals surface area contributed by atoms with E-state index in [0.29, 0.717) is 0 Å². The van der Waals surface area contributed by atoms with Crippen molar-refractivity contribution in [3.8, 4) is 0 Å². The minimum Gasteiger partial charge on any atom is -0.395 e. The Labute approximate surface area is 111 Å². The molecule has 0 aliphatic rings. The van der Waals surface area contributed by atoms with Crippen LogP contribution in [-0.4, -0.2) is 36.8 Å². The molecule has 102 valence electrons. The van der Waals surface area contributed by atoms with Gasteiger partial charge in [0.1, 0.15) is 0 Å². The molecule has 0 bridgehead atoms. The molecule has 0 spiro atoms. The summed E-state index contributed by atoms with van der Waals surface area (Å²) in [6.45, 7) is 8.52. The first-order chi connectivity index (χ1) is 8.31. The maximum atomic E-state index is 9.38. The van der Waals surface area contributed by atoms with E-state index >= 15 is 0 Å². The number of aryl methyl sites for hydroxylation is 2. The summed E-state index contributed by atoms with van der Waals surface area (Å²) in [5, 5.41) is 9.38. The van der Waals surface area contributed by atoms with Crippen LogP contribution in [0.5, 0.6) is 0 Å². The van der Waals surface area contributed by atoms with E-state index in [9.17, 15) is 5.11 Å². The lowest BCUT2D eigenvalue weighted by atomic mass is 9.86. The van der Waals surface area contributed by atoms with Crippen LogP contribution < -0.4 is 5.73 Å². The van der Waals surface area contributed by atoms with Crippen LogP contribution in [0.2, 0.25) is 0 Å². The molecule has 0 radical (unpaired) electrons. The van der Waals surface area contributed by atoms with Gasteiger partial charge in [-0.25, -0.2) is 0 Å². The van der Waals surface area contributed by atoms with Gasteiger partial charge in [-0.3, -0.25) is 0 Å². The van der Waals surface area contributed by atoms with Gasteiger partial charge in [0.2, 0.25) is 0 Å². The molecule has 0 saturated heterocycles. The van der Waals surface area contributed by atoms with Crippen LogP contribution in [0, 0.1) is 27.7 Å². The Morgan fingerprint density at radius 2 is 1.56 bits per heavy atom. The molecule has 3 nitrogen and oxygen atoms in total. The Hall–Kier alpha value is -0.900. The topological polar surface area (TPSA) is 49.5 Å². The molecule has 0 aliphatic carbocycles. The minimum absolute atomic E-state index is 0.00524. The predicted octanol–water partition coefficient (Wildman–Crippen LogP) is 1.84. The quantitative estimate of drug-likeness (QED) is 0.857. The van der Waals surface area contributed by atoms with Crippen molar-refractivity contribution in [3.05, 3.63) is 33.9 Å². The fraction of sp³-hybridized carbons (Fsp3) is 0.600. The summed E-state index contributed by atoms with van der Waals surface area (Å²) in [4.78, 5) is 2.09. The minimum atomic E-state index is -0.265. The number of benzene rings is 1. The average Bonchev–Trinajstić information content (AvgIpc) is 2.30. The van der Waals surface area contributed by atoms with Crippen molar-refractivity contribution < 1.29 is 5.11 Å². The molecular weight excluding hydrogens is 224 g/mol. The van der Waals surface area contributed by atoms with Crippen LogP contribution in [0.4, 0.5) is 0 Å². The molecule has 0 heterocycles. The summed E-state index contributed by atoms with van der Waals surface area (Å²) in [5.41, 5.74) is 12.5. The van der Waals surface area contributed by atoms with Gasteiger partial charge in [-0.15, -0.1) is 0 Å². The molecule has 0 fully saturated rings. The molecule has 3 heteroatoms. The number of hydrogen-bond donors (Lipinski definition) is 2. The van der Waals surface area contributed by atoms with Crippen molar-refractivity contribution in [2.24, 2.45) is 5.73 Å². The number of nitrogens with two attached hydrogens (primary N) is 1. The number of aliphatic hydroxyl groups excluding tert-OH is 1. The third-order valence-corrected chi connectivity index (χ3v) is 3.89. The van der Waals surface area contributed by atoms with Crippen molar-refractivity contribution in [2.75, 3.05) is 20.7 Å². The third kappa shape index (κ3) is 2.74. The van der Waals surface area contributed by atoms with E-state index < -0.39 is 0 Å². The van der Waals surface area contributed by atoms with Crippen molar-refractivity contribution in [3.63, 3.8) is 0 Å². The Morgan fingerprint density at radius 1 is 1.11 bits per heavy atom. The summed E-state index contributed by atoms with van der Waals surface area (Å²) < 4.78 is 0. The van der Waals surface area contributed by atoms with E-state index in [1.54, 1.807) is 0 Å². The number of likely N-dealkylation sites (N-methyl/N-ethyl adjacent to an activating group) is 1. The first kappa shape index (κ1) is 15.2. The van der Waals surface area contributed by atoms with Gasteiger partial charge in [0.25, 0.3) is 0 Å². The molecule has 0 aliphatic heterocycles. The largest absolute Gasteiger partial charge is 0.395 e. The molecule has 0 amide bonds. The predicted molar refractivity (Wildman–Crippen MR) is 76.9 cm³/mol. The molecular formula is C15H26N2O. The average molecular weight is 250 g/mol. The zero-order chi connectivity index (χ0) is 14.0.